The van der Waals surface area contributed by atoms with Crippen LogP contribution in [0.2, 0.25) is 0 Å². The van der Waals surface area contributed by atoms with Crippen molar-refractivity contribution in [2.45, 2.75) is 12.3 Å². The number of rotatable bonds is 7. The van der Waals surface area contributed by atoms with Gasteiger partial charge in [-0.25, -0.2) is 13.4 Å². The van der Waals surface area contributed by atoms with Gasteiger partial charge in [-0.1, -0.05) is 0 Å². The quantitative estimate of drug-likeness (QED) is 0.682. The number of nitrogens with zero attached hydrogens (tertiary/aromatic N) is 1. The predicted octanol–water partition coefficient (Wildman–Crippen LogP) is -0.0448. The molecule has 7 heteroatoms. The minimum absolute atomic E-state index is 0.113. The van der Waals surface area contributed by atoms with E-state index in [0.717, 1.165) is 6.26 Å². The van der Waals surface area contributed by atoms with E-state index in [1.165, 1.54) is 6.20 Å². The topological polar surface area (TPSA) is 81.4 Å². The number of hydrogen-bond acceptors (Lipinski definition) is 6. The normalized spacial score (nSPS) is 11.9. The minimum Gasteiger partial charge on any atom is -0.443 e. The fraction of sp³-hybridized carbons (Fsp3) is 0.667. The first kappa shape index (κ1) is 13.1. The Balaban J connectivity index is 2.40. The van der Waals surface area contributed by atoms with Crippen molar-refractivity contribution in [3.63, 3.8) is 0 Å². The van der Waals surface area contributed by atoms with Crippen LogP contribution in [0.3, 0.4) is 0 Å². The lowest BCUT2D eigenvalue weighted by Gasteiger charge is -1.99. The fourth-order valence-corrected chi connectivity index (χ4v) is 1.77. The third-order valence-electron chi connectivity index (χ3n) is 1.77. The summed E-state index contributed by atoms with van der Waals surface area (Å²) in [5.74, 6) is 0.735. The summed E-state index contributed by atoms with van der Waals surface area (Å²) in [4.78, 5) is 3.96. The highest BCUT2D eigenvalue weighted by Crippen LogP contribution is 2.07. The minimum atomic E-state index is -3.07. The van der Waals surface area contributed by atoms with Crippen molar-refractivity contribution in [3.05, 3.63) is 17.8 Å². The first-order valence-corrected chi connectivity index (χ1v) is 6.88. The van der Waals surface area contributed by atoms with Crippen molar-refractivity contribution in [1.29, 1.82) is 0 Å². The number of nitrogens with one attached hydrogen (secondary N) is 1. The summed E-state index contributed by atoms with van der Waals surface area (Å²) in [6.07, 6.45) is 2.60. The molecule has 0 aliphatic carbocycles. The van der Waals surface area contributed by atoms with Crippen LogP contribution in [0, 0.1) is 0 Å². The number of aromatic nitrogens is 1. The highest BCUT2D eigenvalue weighted by atomic mass is 32.2. The van der Waals surface area contributed by atoms with Gasteiger partial charge >= 0.3 is 0 Å². The molecule has 1 aromatic heterocycles. The van der Waals surface area contributed by atoms with E-state index in [4.69, 9.17) is 9.15 Å². The molecule has 0 aliphatic heterocycles. The van der Waals surface area contributed by atoms with Gasteiger partial charge in [-0.15, -0.1) is 0 Å². The largest absolute Gasteiger partial charge is 0.443 e. The first-order chi connectivity index (χ1) is 7.51. The maximum Gasteiger partial charge on any atom is 0.208 e. The van der Waals surface area contributed by atoms with Gasteiger partial charge in [0.2, 0.25) is 5.89 Å². The molecule has 0 unspecified atom stereocenters. The maximum atomic E-state index is 11.0. The zero-order valence-electron chi connectivity index (χ0n) is 9.39. The Morgan fingerprint density at radius 1 is 1.56 bits per heavy atom. The Labute approximate surface area is 94.9 Å². The van der Waals surface area contributed by atoms with Crippen LogP contribution in [0.25, 0.3) is 0 Å². The van der Waals surface area contributed by atoms with Crippen LogP contribution in [0.4, 0.5) is 0 Å². The van der Waals surface area contributed by atoms with E-state index in [-0.39, 0.29) is 5.75 Å². The van der Waals surface area contributed by atoms with E-state index in [0.29, 0.717) is 31.3 Å². The monoisotopic (exact) mass is 248 g/mol. The third kappa shape index (κ3) is 5.24. The molecule has 0 aromatic carbocycles. The SMILES string of the molecule is COCCNCc1ncc(CS(C)(=O)=O)o1. The Bertz CT molecular complexity index is 413. The average Bonchev–Trinajstić information content (AvgIpc) is 2.58. The molecule has 0 aliphatic rings. The van der Waals surface area contributed by atoms with Crippen LogP contribution in [0.15, 0.2) is 10.6 Å². The van der Waals surface area contributed by atoms with Gasteiger partial charge in [0.25, 0.3) is 0 Å². The van der Waals surface area contributed by atoms with Crippen molar-refractivity contribution >= 4 is 9.84 Å². The Kier molecular flexibility index (Phi) is 4.91. The molecule has 0 saturated heterocycles. The summed E-state index contributed by atoms with van der Waals surface area (Å²) >= 11 is 0. The van der Waals surface area contributed by atoms with Gasteiger partial charge in [0.1, 0.15) is 11.5 Å². The molecule has 6 nitrogen and oxygen atoms in total. The number of ether oxygens (including phenoxy) is 1. The van der Waals surface area contributed by atoms with E-state index in [2.05, 4.69) is 10.3 Å². The van der Waals surface area contributed by atoms with Gasteiger partial charge in [-0.05, 0) is 0 Å². The Morgan fingerprint density at radius 2 is 2.31 bits per heavy atom. The van der Waals surface area contributed by atoms with Crippen LogP contribution in [0.1, 0.15) is 11.7 Å². The zero-order chi connectivity index (χ0) is 12.0. The van der Waals surface area contributed by atoms with Gasteiger partial charge in [-0.2, -0.15) is 0 Å². The number of sulfone groups is 1. The van der Waals surface area contributed by atoms with Crippen molar-refractivity contribution < 1.29 is 17.6 Å². The van der Waals surface area contributed by atoms with Crippen LogP contribution >= 0.6 is 0 Å². The molecular weight excluding hydrogens is 232 g/mol. The summed E-state index contributed by atoms with van der Waals surface area (Å²) in [6, 6.07) is 0. The zero-order valence-corrected chi connectivity index (χ0v) is 10.2. The van der Waals surface area contributed by atoms with Gasteiger partial charge in [-0.3, -0.25) is 0 Å². The summed E-state index contributed by atoms with van der Waals surface area (Å²) < 4.78 is 32.1. The molecule has 92 valence electrons. The number of hydrogen-bond donors (Lipinski definition) is 1. The van der Waals surface area contributed by atoms with E-state index in [1.807, 2.05) is 0 Å². The molecule has 0 spiro atoms. The first-order valence-electron chi connectivity index (χ1n) is 4.82. The van der Waals surface area contributed by atoms with Crippen LogP contribution in [-0.2, 0) is 26.9 Å². The molecule has 0 amide bonds. The predicted molar refractivity (Wildman–Crippen MR) is 58.6 cm³/mol. The van der Waals surface area contributed by atoms with E-state index in [9.17, 15) is 8.42 Å². The maximum absolute atomic E-state index is 11.0. The second-order valence-corrected chi connectivity index (χ2v) is 5.60. The molecule has 1 rings (SSSR count). The standard InChI is InChI=1S/C9H16N2O4S/c1-14-4-3-10-6-9-11-5-8(15-9)7-16(2,12)13/h5,10H,3-4,6-7H2,1-2H3. The van der Waals surface area contributed by atoms with Crippen LogP contribution < -0.4 is 5.32 Å². The lowest BCUT2D eigenvalue weighted by Crippen LogP contribution is -2.18. The number of methoxy groups -OCH3 is 1. The van der Waals surface area contributed by atoms with E-state index in [1.54, 1.807) is 7.11 Å². The Morgan fingerprint density at radius 3 is 2.94 bits per heavy atom. The van der Waals surface area contributed by atoms with Crippen molar-refractivity contribution in [1.82, 2.24) is 10.3 Å². The lowest BCUT2D eigenvalue weighted by molar-refractivity contribution is 0.198. The van der Waals surface area contributed by atoms with Crippen LogP contribution in [-0.4, -0.2) is 39.9 Å². The van der Waals surface area contributed by atoms with Crippen molar-refractivity contribution in [3.8, 4) is 0 Å². The average molecular weight is 248 g/mol. The van der Waals surface area contributed by atoms with Crippen molar-refractivity contribution in [2.24, 2.45) is 0 Å². The van der Waals surface area contributed by atoms with Gasteiger partial charge in [0.05, 0.1) is 19.3 Å². The highest BCUT2D eigenvalue weighted by molar-refractivity contribution is 7.89. The second kappa shape index (κ2) is 5.97. The van der Waals surface area contributed by atoms with Gasteiger partial charge in [0.15, 0.2) is 9.84 Å². The van der Waals surface area contributed by atoms with Gasteiger partial charge < -0.3 is 14.5 Å². The highest BCUT2D eigenvalue weighted by Gasteiger charge is 2.09. The van der Waals surface area contributed by atoms with Gasteiger partial charge in [0, 0.05) is 19.9 Å². The fourth-order valence-electron chi connectivity index (χ4n) is 1.12. The van der Waals surface area contributed by atoms with E-state index < -0.39 is 9.84 Å². The summed E-state index contributed by atoms with van der Waals surface area (Å²) in [5, 5.41) is 3.05. The molecule has 0 saturated carbocycles. The molecule has 0 fully saturated rings. The lowest BCUT2D eigenvalue weighted by atomic mass is 10.6. The molecule has 0 atom stereocenters. The smallest absolute Gasteiger partial charge is 0.208 e. The molecule has 0 radical (unpaired) electrons. The summed E-state index contributed by atoms with van der Waals surface area (Å²) in [6.45, 7) is 1.77. The van der Waals surface area contributed by atoms with Crippen LogP contribution in [0.5, 0.6) is 0 Å². The van der Waals surface area contributed by atoms with Crippen molar-refractivity contribution in [2.75, 3.05) is 26.5 Å². The molecule has 16 heavy (non-hydrogen) atoms. The molecule has 1 aromatic rings. The molecule has 1 N–H and O–H groups in total. The molecule has 0 bridgehead atoms. The number of oxazole rings is 1. The second-order valence-electron chi connectivity index (χ2n) is 3.46. The van der Waals surface area contributed by atoms with E-state index >= 15 is 0 Å². The summed E-state index contributed by atoms with van der Waals surface area (Å²) in [7, 11) is -1.45. The molecular formula is C9H16N2O4S. The summed E-state index contributed by atoms with van der Waals surface area (Å²) in [5.41, 5.74) is 0. The Hall–Kier alpha value is -0.920. The molecule has 1 heterocycles. The third-order valence-corrected chi connectivity index (χ3v) is 2.57.